The van der Waals surface area contributed by atoms with Crippen LogP contribution < -0.4 is 10.1 Å². The molecule has 0 bridgehead atoms. The zero-order valence-electron chi connectivity index (χ0n) is 16.3. The molecule has 1 unspecified atom stereocenters. The maximum atomic E-state index is 12.6. The summed E-state index contributed by atoms with van der Waals surface area (Å²) in [7, 11) is 2.70. The van der Waals surface area contributed by atoms with Crippen LogP contribution in [0.3, 0.4) is 0 Å². The van der Waals surface area contributed by atoms with Crippen LogP contribution >= 0.6 is 0 Å². The zero-order valence-corrected chi connectivity index (χ0v) is 16.3. The molecule has 0 aromatic heterocycles. The monoisotopic (exact) mass is 409 g/mol. The fraction of sp³-hybridized carbons (Fsp3) is 0.333. The Morgan fingerprint density at radius 2 is 1.72 bits per heavy atom. The topological polar surface area (TPSA) is 64.6 Å². The largest absolute Gasteiger partial charge is 0.496 e. The van der Waals surface area contributed by atoms with Crippen molar-refractivity contribution in [2.75, 3.05) is 14.2 Å². The Bertz CT molecular complexity index is 863. The SMILES string of the molecule is COC(=O)c1cc(CNC(=O)CC(C)c2ccc(C(F)(F)F)cc2)ccc1OC. The van der Waals surface area contributed by atoms with Gasteiger partial charge in [-0.15, -0.1) is 0 Å². The minimum Gasteiger partial charge on any atom is -0.496 e. The highest BCUT2D eigenvalue weighted by molar-refractivity contribution is 5.92. The summed E-state index contributed by atoms with van der Waals surface area (Å²) in [5, 5.41) is 2.75. The number of hydrogen-bond donors (Lipinski definition) is 1. The van der Waals surface area contributed by atoms with Gasteiger partial charge < -0.3 is 14.8 Å². The van der Waals surface area contributed by atoms with Crippen molar-refractivity contribution in [2.45, 2.75) is 32.0 Å². The highest BCUT2D eigenvalue weighted by atomic mass is 19.4. The highest BCUT2D eigenvalue weighted by Crippen LogP contribution is 2.30. The highest BCUT2D eigenvalue weighted by Gasteiger charge is 2.30. The van der Waals surface area contributed by atoms with Crippen LogP contribution in [0, 0.1) is 0 Å². The molecule has 0 fully saturated rings. The van der Waals surface area contributed by atoms with E-state index in [1.54, 1.807) is 25.1 Å². The summed E-state index contributed by atoms with van der Waals surface area (Å²) in [6.07, 6.45) is -4.27. The van der Waals surface area contributed by atoms with Gasteiger partial charge in [0.15, 0.2) is 0 Å². The second-order valence-corrected chi connectivity index (χ2v) is 6.53. The predicted octanol–water partition coefficient (Wildman–Crippen LogP) is 4.31. The van der Waals surface area contributed by atoms with Crippen molar-refractivity contribution in [1.82, 2.24) is 5.32 Å². The molecule has 29 heavy (non-hydrogen) atoms. The summed E-state index contributed by atoms with van der Waals surface area (Å²) >= 11 is 0. The summed E-state index contributed by atoms with van der Waals surface area (Å²) in [5.41, 5.74) is 0.853. The normalized spacial score (nSPS) is 12.2. The second-order valence-electron chi connectivity index (χ2n) is 6.53. The van der Waals surface area contributed by atoms with Crippen molar-refractivity contribution in [2.24, 2.45) is 0 Å². The van der Waals surface area contributed by atoms with E-state index in [1.165, 1.54) is 26.4 Å². The molecule has 156 valence electrons. The summed E-state index contributed by atoms with van der Waals surface area (Å²) in [5.74, 6) is -0.694. The van der Waals surface area contributed by atoms with E-state index in [0.717, 1.165) is 12.1 Å². The van der Waals surface area contributed by atoms with Crippen LogP contribution in [-0.2, 0) is 22.3 Å². The molecule has 2 aromatic carbocycles. The number of nitrogens with one attached hydrogen (secondary N) is 1. The number of halogens is 3. The van der Waals surface area contributed by atoms with Gasteiger partial charge in [0.25, 0.3) is 0 Å². The number of hydrogen-bond acceptors (Lipinski definition) is 4. The van der Waals surface area contributed by atoms with Crippen LogP contribution in [0.2, 0.25) is 0 Å². The number of methoxy groups -OCH3 is 2. The molecule has 2 rings (SSSR count). The minimum atomic E-state index is -4.39. The lowest BCUT2D eigenvalue weighted by Crippen LogP contribution is -2.24. The molecule has 0 radical (unpaired) electrons. The first-order valence-electron chi connectivity index (χ1n) is 8.84. The van der Waals surface area contributed by atoms with E-state index in [2.05, 4.69) is 5.32 Å². The maximum absolute atomic E-state index is 12.6. The van der Waals surface area contributed by atoms with Crippen LogP contribution in [-0.4, -0.2) is 26.1 Å². The van der Waals surface area contributed by atoms with Crippen LogP contribution in [0.25, 0.3) is 0 Å². The summed E-state index contributed by atoms with van der Waals surface area (Å²) in [6.45, 7) is 1.96. The van der Waals surface area contributed by atoms with Gasteiger partial charge in [-0.1, -0.05) is 25.1 Å². The number of ether oxygens (including phenoxy) is 2. The van der Waals surface area contributed by atoms with Crippen LogP contribution in [0.4, 0.5) is 13.2 Å². The van der Waals surface area contributed by atoms with Crippen molar-refractivity contribution < 1.29 is 32.2 Å². The number of benzene rings is 2. The summed E-state index contributed by atoms with van der Waals surface area (Å²) in [6, 6.07) is 9.68. The van der Waals surface area contributed by atoms with Crippen LogP contribution in [0.5, 0.6) is 5.75 Å². The van der Waals surface area contributed by atoms with Gasteiger partial charge in [0.05, 0.1) is 19.8 Å². The third-order valence-electron chi connectivity index (χ3n) is 4.46. The van der Waals surface area contributed by atoms with E-state index in [0.29, 0.717) is 16.9 Å². The molecule has 0 spiro atoms. The molecule has 1 N–H and O–H groups in total. The van der Waals surface area contributed by atoms with Gasteiger partial charge in [0.2, 0.25) is 5.91 Å². The Hall–Kier alpha value is -3.03. The lowest BCUT2D eigenvalue weighted by Gasteiger charge is -2.14. The van der Waals surface area contributed by atoms with Crippen molar-refractivity contribution in [3.05, 3.63) is 64.7 Å². The van der Waals surface area contributed by atoms with Gasteiger partial charge >= 0.3 is 12.1 Å². The Kier molecular flexibility index (Phi) is 7.25. The minimum absolute atomic E-state index is 0.116. The maximum Gasteiger partial charge on any atom is 0.416 e. The smallest absolute Gasteiger partial charge is 0.416 e. The van der Waals surface area contributed by atoms with E-state index in [9.17, 15) is 22.8 Å². The average molecular weight is 409 g/mol. The van der Waals surface area contributed by atoms with Crippen molar-refractivity contribution >= 4 is 11.9 Å². The predicted molar refractivity (Wildman–Crippen MR) is 101 cm³/mol. The Morgan fingerprint density at radius 3 is 2.28 bits per heavy atom. The van der Waals surface area contributed by atoms with E-state index < -0.39 is 17.7 Å². The number of alkyl halides is 3. The van der Waals surface area contributed by atoms with E-state index >= 15 is 0 Å². The molecule has 0 saturated heterocycles. The van der Waals surface area contributed by atoms with Gasteiger partial charge in [-0.05, 0) is 41.3 Å². The van der Waals surface area contributed by atoms with Crippen LogP contribution in [0.1, 0.15) is 46.3 Å². The number of esters is 1. The molecule has 8 heteroatoms. The molecule has 0 aliphatic carbocycles. The van der Waals surface area contributed by atoms with E-state index in [1.807, 2.05) is 0 Å². The summed E-state index contributed by atoms with van der Waals surface area (Å²) in [4.78, 5) is 24.0. The lowest BCUT2D eigenvalue weighted by molar-refractivity contribution is -0.137. The zero-order chi connectivity index (χ0) is 21.6. The molecule has 0 heterocycles. The van der Waals surface area contributed by atoms with Crippen molar-refractivity contribution in [1.29, 1.82) is 0 Å². The standard InChI is InChI=1S/C21H22F3NO4/c1-13(15-5-7-16(8-6-15)21(22,23)24)10-19(26)25-12-14-4-9-18(28-2)17(11-14)20(27)29-3/h4-9,11,13H,10,12H2,1-3H3,(H,25,26). The van der Waals surface area contributed by atoms with Gasteiger partial charge in [-0.2, -0.15) is 13.2 Å². The first-order chi connectivity index (χ1) is 13.7. The molecule has 0 saturated carbocycles. The molecule has 2 aromatic rings. The Morgan fingerprint density at radius 1 is 1.07 bits per heavy atom. The van der Waals surface area contributed by atoms with Gasteiger partial charge in [0.1, 0.15) is 11.3 Å². The van der Waals surface area contributed by atoms with E-state index in [4.69, 9.17) is 9.47 Å². The van der Waals surface area contributed by atoms with Gasteiger partial charge in [0, 0.05) is 13.0 Å². The van der Waals surface area contributed by atoms with Gasteiger partial charge in [-0.3, -0.25) is 4.79 Å². The van der Waals surface area contributed by atoms with Crippen molar-refractivity contribution in [3.8, 4) is 5.75 Å². The molecule has 5 nitrogen and oxygen atoms in total. The number of carbonyl (C=O) groups excluding carboxylic acids is 2. The number of amides is 1. The Labute approximate surface area is 166 Å². The first-order valence-corrected chi connectivity index (χ1v) is 8.84. The molecule has 0 aliphatic heterocycles. The Balaban J connectivity index is 1.96. The quantitative estimate of drug-likeness (QED) is 0.692. The average Bonchev–Trinajstić information content (AvgIpc) is 2.70. The van der Waals surface area contributed by atoms with Crippen molar-refractivity contribution in [3.63, 3.8) is 0 Å². The van der Waals surface area contributed by atoms with Crippen LogP contribution in [0.15, 0.2) is 42.5 Å². The fourth-order valence-corrected chi connectivity index (χ4v) is 2.80. The van der Waals surface area contributed by atoms with E-state index in [-0.39, 0.29) is 30.4 Å². The molecule has 1 amide bonds. The fourth-order valence-electron chi connectivity index (χ4n) is 2.80. The molecule has 1 atom stereocenters. The molecular formula is C21H22F3NO4. The molecule has 0 aliphatic rings. The third-order valence-corrected chi connectivity index (χ3v) is 4.46. The second kappa shape index (κ2) is 9.45. The lowest BCUT2D eigenvalue weighted by atomic mass is 9.96. The number of carbonyl (C=O) groups is 2. The number of rotatable bonds is 7. The van der Waals surface area contributed by atoms with Gasteiger partial charge in [-0.25, -0.2) is 4.79 Å². The summed E-state index contributed by atoms with van der Waals surface area (Å²) < 4.78 is 47.8. The first kappa shape index (κ1) is 22.3. The third kappa shape index (κ3) is 5.97. The molecular weight excluding hydrogens is 387 g/mol.